The Balaban J connectivity index is 1.99. The maximum absolute atomic E-state index is 4.68. The standard InChI is InChI=1S/C12H13N3O/c1-8-2-4-10(13-7-8)9-3-5-11-12(6-9)15-16-14-11/h3-6,8,13H,2,7H2,1H3. The quantitative estimate of drug-likeness (QED) is 0.792. The molecule has 1 aliphatic heterocycles. The molecule has 1 atom stereocenters. The first kappa shape index (κ1) is 9.39. The van der Waals surface area contributed by atoms with Crippen molar-refractivity contribution in [3.63, 3.8) is 0 Å². The Morgan fingerprint density at radius 2 is 2.19 bits per heavy atom. The minimum absolute atomic E-state index is 0.709. The molecule has 82 valence electrons. The number of allylic oxidation sites excluding steroid dienone is 1. The molecule has 16 heavy (non-hydrogen) atoms. The summed E-state index contributed by atoms with van der Waals surface area (Å²) in [5, 5.41) is 11.1. The van der Waals surface area contributed by atoms with Gasteiger partial charge in [-0.2, -0.15) is 0 Å². The summed E-state index contributed by atoms with van der Waals surface area (Å²) in [6.45, 7) is 3.27. The Kier molecular flexibility index (Phi) is 2.13. The van der Waals surface area contributed by atoms with Gasteiger partial charge in [0.2, 0.25) is 0 Å². The SMILES string of the molecule is CC1CC=C(c2ccc3nonc3c2)NC1. The van der Waals surface area contributed by atoms with Crippen LogP contribution in [0.1, 0.15) is 18.9 Å². The van der Waals surface area contributed by atoms with Gasteiger partial charge in [0.15, 0.2) is 0 Å². The van der Waals surface area contributed by atoms with Crippen LogP contribution in [0.15, 0.2) is 28.9 Å². The molecule has 1 aliphatic rings. The highest BCUT2D eigenvalue weighted by Crippen LogP contribution is 2.21. The van der Waals surface area contributed by atoms with Gasteiger partial charge in [0.25, 0.3) is 0 Å². The van der Waals surface area contributed by atoms with E-state index in [9.17, 15) is 0 Å². The van der Waals surface area contributed by atoms with Crippen molar-refractivity contribution in [2.75, 3.05) is 6.54 Å². The van der Waals surface area contributed by atoms with E-state index in [0.717, 1.165) is 29.6 Å². The number of aromatic nitrogens is 2. The van der Waals surface area contributed by atoms with Crippen LogP contribution >= 0.6 is 0 Å². The van der Waals surface area contributed by atoms with Crippen LogP contribution in [0, 0.1) is 5.92 Å². The van der Waals surface area contributed by atoms with Crippen LogP contribution in [-0.4, -0.2) is 16.9 Å². The first-order chi connectivity index (χ1) is 7.83. The molecule has 1 aromatic heterocycles. The topological polar surface area (TPSA) is 51.0 Å². The third kappa shape index (κ3) is 1.56. The number of nitrogens with one attached hydrogen (secondary N) is 1. The van der Waals surface area contributed by atoms with Crippen molar-refractivity contribution in [2.24, 2.45) is 5.92 Å². The fraction of sp³-hybridized carbons (Fsp3) is 0.333. The molecule has 0 spiro atoms. The molecule has 1 N–H and O–H groups in total. The highest BCUT2D eigenvalue weighted by Gasteiger charge is 2.11. The minimum Gasteiger partial charge on any atom is -0.385 e. The predicted octanol–water partition coefficient (Wildman–Crippen LogP) is 2.19. The van der Waals surface area contributed by atoms with E-state index in [1.165, 1.54) is 5.70 Å². The van der Waals surface area contributed by atoms with E-state index >= 15 is 0 Å². The summed E-state index contributed by atoms with van der Waals surface area (Å²) in [7, 11) is 0. The third-order valence-electron chi connectivity index (χ3n) is 2.93. The maximum Gasteiger partial charge on any atom is 0.135 e. The highest BCUT2D eigenvalue weighted by molar-refractivity contribution is 5.79. The lowest BCUT2D eigenvalue weighted by Crippen LogP contribution is -2.23. The van der Waals surface area contributed by atoms with Gasteiger partial charge >= 0.3 is 0 Å². The minimum atomic E-state index is 0.709. The molecule has 0 bridgehead atoms. The fourth-order valence-corrected chi connectivity index (χ4v) is 1.93. The first-order valence-corrected chi connectivity index (χ1v) is 5.49. The average Bonchev–Trinajstić information content (AvgIpc) is 2.77. The molecular formula is C12H13N3O. The van der Waals surface area contributed by atoms with Gasteiger partial charge in [-0.25, -0.2) is 4.63 Å². The normalized spacial score (nSPS) is 20.6. The van der Waals surface area contributed by atoms with Crippen LogP contribution in [-0.2, 0) is 0 Å². The summed E-state index contributed by atoms with van der Waals surface area (Å²) in [4.78, 5) is 0. The number of rotatable bonds is 1. The van der Waals surface area contributed by atoms with Gasteiger partial charge in [-0.05, 0) is 40.3 Å². The number of fused-ring (bicyclic) bond motifs is 1. The van der Waals surface area contributed by atoms with Crippen molar-refractivity contribution in [1.82, 2.24) is 15.6 Å². The number of nitrogens with zero attached hydrogens (tertiary/aromatic N) is 2. The van der Waals surface area contributed by atoms with Gasteiger partial charge in [0.05, 0.1) is 0 Å². The molecule has 4 nitrogen and oxygen atoms in total. The van der Waals surface area contributed by atoms with Crippen LogP contribution in [0.3, 0.4) is 0 Å². The van der Waals surface area contributed by atoms with Gasteiger partial charge in [-0.3, -0.25) is 0 Å². The lowest BCUT2D eigenvalue weighted by atomic mass is 10.0. The summed E-state index contributed by atoms with van der Waals surface area (Å²) in [6.07, 6.45) is 3.36. The molecule has 2 aromatic rings. The largest absolute Gasteiger partial charge is 0.385 e. The van der Waals surface area contributed by atoms with Gasteiger partial charge < -0.3 is 5.32 Å². The van der Waals surface area contributed by atoms with E-state index in [1.54, 1.807) is 0 Å². The van der Waals surface area contributed by atoms with Crippen molar-refractivity contribution >= 4 is 16.7 Å². The van der Waals surface area contributed by atoms with Crippen molar-refractivity contribution in [1.29, 1.82) is 0 Å². The zero-order valence-electron chi connectivity index (χ0n) is 9.10. The van der Waals surface area contributed by atoms with Gasteiger partial charge in [0.1, 0.15) is 11.0 Å². The van der Waals surface area contributed by atoms with Gasteiger partial charge in [-0.15, -0.1) is 0 Å². The zero-order valence-corrected chi connectivity index (χ0v) is 9.10. The van der Waals surface area contributed by atoms with E-state index in [4.69, 9.17) is 0 Å². The molecule has 0 aliphatic carbocycles. The molecule has 0 fully saturated rings. The Labute approximate surface area is 93.3 Å². The highest BCUT2D eigenvalue weighted by atomic mass is 16.6. The predicted molar refractivity (Wildman–Crippen MR) is 61.6 cm³/mol. The van der Waals surface area contributed by atoms with Crippen molar-refractivity contribution in [3.8, 4) is 0 Å². The first-order valence-electron chi connectivity index (χ1n) is 5.49. The second-order valence-corrected chi connectivity index (χ2v) is 4.31. The summed E-state index contributed by atoms with van der Waals surface area (Å²) in [6, 6.07) is 5.98. The molecule has 0 saturated carbocycles. The van der Waals surface area contributed by atoms with Crippen molar-refractivity contribution in [3.05, 3.63) is 29.8 Å². The Morgan fingerprint density at radius 3 is 3.00 bits per heavy atom. The molecule has 2 heterocycles. The van der Waals surface area contributed by atoms with E-state index < -0.39 is 0 Å². The summed E-state index contributed by atoms with van der Waals surface area (Å²) < 4.78 is 4.68. The lowest BCUT2D eigenvalue weighted by Gasteiger charge is -2.20. The van der Waals surface area contributed by atoms with E-state index in [0.29, 0.717) is 5.92 Å². The second-order valence-electron chi connectivity index (χ2n) is 4.31. The fourth-order valence-electron chi connectivity index (χ4n) is 1.93. The van der Waals surface area contributed by atoms with Crippen molar-refractivity contribution < 1.29 is 4.63 Å². The van der Waals surface area contributed by atoms with E-state index in [2.05, 4.69) is 33.3 Å². The average molecular weight is 215 g/mol. The zero-order chi connectivity index (χ0) is 11.0. The Bertz CT molecular complexity index is 544. The molecule has 1 unspecified atom stereocenters. The Hall–Kier alpha value is -1.84. The third-order valence-corrected chi connectivity index (χ3v) is 2.93. The molecule has 0 saturated heterocycles. The molecule has 0 radical (unpaired) electrons. The summed E-state index contributed by atoms with van der Waals surface area (Å²) in [5.41, 5.74) is 3.94. The number of benzene rings is 1. The maximum atomic E-state index is 4.68. The van der Waals surface area contributed by atoms with E-state index in [1.807, 2.05) is 18.2 Å². The summed E-state index contributed by atoms with van der Waals surface area (Å²) in [5.74, 6) is 0.709. The van der Waals surface area contributed by atoms with Crippen LogP contribution in [0.2, 0.25) is 0 Å². The van der Waals surface area contributed by atoms with Crippen molar-refractivity contribution in [2.45, 2.75) is 13.3 Å². The monoisotopic (exact) mass is 215 g/mol. The van der Waals surface area contributed by atoms with Gasteiger partial charge in [0, 0.05) is 12.2 Å². The van der Waals surface area contributed by atoms with Crippen LogP contribution in [0.25, 0.3) is 16.7 Å². The Morgan fingerprint density at radius 1 is 1.31 bits per heavy atom. The van der Waals surface area contributed by atoms with Gasteiger partial charge in [-0.1, -0.05) is 19.1 Å². The lowest BCUT2D eigenvalue weighted by molar-refractivity contribution is 0.315. The molecule has 0 amide bonds. The number of hydrogen-bond donors (Lipinski definition) is 1. The van der Waals surface area contributed by atoms with Crippen LogP contribution in [0.5, 0.6) is 0 Å². The molecular weight excluding hydrogens is 202 g/mol. The van der Waals surface area contributed by atoms with Crippen LogP contribution < -0.4 is 5.32 Å². The number of hydrogen-bond acceptors (Lipinski definition) is 4. The summed E-state index contributed by atoms with van der Waals surface area (Å²) >= 11 is 0. The molecule has 3 rings (SSSR count). The smallest absolute Gasteiger partial charge is 0.135 e. The molecule has 4 heteroatoms. The van der Waals surface area contributed by atoms with E-state index in [-0.39, 0.29) is 0 Å². The molecule has 1 aromatic carbocycles. The van der Waals surface area contributed by atoms with Crippen LogP contribution in [0.4, 0.5) is 0 Å². The second kappa shape index (κ2) is 3.63.